The molecule has 0 saturated carbocycles. The van der Waals surface area contributed by atoms with Crippen LogP contribution in [0.15, 0.2) is 30.3 Å². The predicted molar refractivity (Wildman–Crippen MR) is 97.6 cm³/mol. The van der Waals surface area contributed by atoms with Crippen LogP contribution in [-0.2, 0) is 4.79 Å². The highest BCUT2D eigenvalue weighted by molar-refractivity contribution is 5.91. The Labute approximate surface area is 141 Å². The molecule has 1 amide bonds. The molecular weight excluding hydrogens is 286 g/mol. The van der Waals surface area contributed by atoms with Crippen molar-refractivity contribution >= 4 is 12.0 Å². The van der Waals surface area contributed by atoms with Crippen molar-refractivity contribution in [3.8, 4) is 5.75 Å². The van der Waals surface area contributed by atoms with Gasteiger partial charge < -0.3 is 10.1 Å². The normalized spacial score (nSPS) is 10.9. The second-order valence-corrected chi connectivity index (χ2v) is 5.87. The van der Waals surface area contributed by atoms with E-state index < -0.39 is 0 Å². The average Bonchev–Trinajstić information content (AvgIpc) is 2.59. The molecule has 0 aliphatic heterocycles. The number of ether oxygens (including phenoxy) is 1. The largest absolute Gasteiger partial charge is 0.497 e. The summed E-state index contributed by atoms with van der Waals surface area (Å²) >= 11 is 0. The summed E-state index contributed by atoms with van der Waals surface area (Å²) in [6.07, 6.45) is 13.7. The van der Waals surface area contributed by atoms with Crippen molar-refractivity contribution in [1.29, 1.82) is 0 Å². The molecule has 3 heteroatoms. The quantitative estimate of drug-likeness (QED) is 0.437. The van der Waals surface area contributed by atoms with E-state index in [0.717, 1.165) is 24.3 Å². The van der Waals surface area contributed by atoms with Gasteiger partial charge in [0.15, 0.2) is 0 Å². The summed E-state index contributed by atoms with van der Waals surface area (Å²) in [5, 5.41) is 2.94. The van der Waals surface area contributed by atoms with Crippen LogP contribution in [0.1, 0.15) is 63.9 Å². The molecule has 1 aromatic carbocycles. The van der Waals surface area contributed by atoms with E-state index >= 15 is 0 Å². The first-order valence-corrected chi connectivity index (χ1v) is 8.86. The van der Waals surface area contributed by atoms with Crippen LogP contribution < -0.4 is 10.1 Å². The maximum atomic E-state index is 11.7. The zero-order valence-corrected chi connectivity index (χ0v) is 14.6. The van der Waals surface area contributed by atoms with Gasteiger partial charge in [-0.15, -0.1) is 0 Å². The molecule has 1 aromatic rings. The van der Waals surface area contributed by atoms with Crippen molar-refractivity contribution in [3.63, 3.8) is 0 Å². The number of nitrogens with one attached hydrogen (secondary N) is 1. The zero-order chi connectivity index (χ0) is 16.8. The number of hydrogen-bond donors (Lipinski definition) is 1. The summed E-state index contributed by atoms with van der Waals surface area (Å²) in [5.74, 6) is 0.796. The molecule has 23 heavy (non-hydrogen) atoms. The first-order valence-electron chi connectivity index (χ1n) is 8.86. The van der Waals surface area contributed by atoms with Crippen molar-refractivity contribution in [3.05, 3.63) is 35.9 Å². The highest BCUT2D eigenvalue weighted by Gasteiger charge is 1.96. The van der Waals surface area contributed by atoms with Crippen LogP contribution in [0.3, 0.4) is 0 Å². The Morgan fingerprint density at radius 1 is 1.00 bits per heavy atom. The molecule has 1 N–H and O–H groups in total. The predicted octanol–water partition coefficient (Wildman–Crippen LogP) is 4.97. The third-order valence-corrected chi connectivity index (χ3v) is 3.87. The van der Waals surface area contributed by atoms with Crippen LogP contribution in [0, 0.1) is 0 Å². The Hall–Kier alpha value is -1.77. The Bertz CT molecular complexity index is 451. The van der Waals surface area contributed by atoms with Crippen LogP contribution in [0.4, 0.5) is 0 Å². The van der Waals surface area contributed by atoms with Crippen LogP contribution >= 0.6 is 0 Å². The van der Waals surface area contributed by atoms with Gasteiger partial charge in [0.2, 0.25) is 5.91 Å². The van der Waals surface area contributed by atoms with Crippen LogP contribution in [-0.4, -0.2) is 19.6 Å². The number of amides is 1. The maximum Gasteiger partial charge on any atom is 0.243 e. The van der Waals surface area contributed by atoms with Crippen molar-refractivity contribution < 1.29 is 9.53 Å². The molecule has 0 fully saturated rings. The Kier molecular flexibility index (Phi) is 10.7. The van der Waals surface area contributed by atoms with Gasteiger partial charge in [-0.3, -0.25) is 4.79 Å². The van der Waals surface area contributed by atoms with Crippen LogP contribution in [0.25, 0.3) is 6.08 Å². The molecule has 1 rings (SSSR count). The van der Waals surface area contributed by atoms with E-state index in [0.29, 0.717) is 0 Å². The second-order valence-electron chi connectivity index (χ2n) is 5.87. The molecule has 0 heterocycles. The number of rotatable bonds is 12. The second kappa shape index (κ2) is 12.7. The molecule has 0 unspecified atom stereocenters. The van der Waals surface area contributed by atoms with Crippen LogP contribution in [0.2, 0.25) is 0 Å². The highest BCUT2D eigenvalue weighted by atomic mass is 16.5. The maximum absolute atomic E-state index is 11.7. The number of benzene rings is 1. The fourth-order valence-corrected chi connectivity index (χ4v) is 2.42. The number of carbonyl (C=O) groups is 1. The Morgan fingerprint density at radius 3 is 2.22 bits per heavy atom. The average molecular weight is 317 g/mol. The number of carbonyl (C=O) groups excluding carboxylic acids is 1. The van der Waals surface area contributed by atoms with Gasteiger partial charge in [0.05, 0.1) is 7.11 Å². The molecule has 0 saturated heterocycles. The van der Waals surface area contributed by atoms with Crippen molar-refractivity contribution in [2.45, 2.75) is 58.3 Å². The fraction of sp³-hybridized carbons (Fsp3) is 0.550. The monoisotopic (exact) mass is 317 g/mol. The molecular formula is C20H31NO2. The lowest BCUT2D eigenvalue weighted by atomic mass is 10.1. The van der Waals surface area contributed by atoms with Gasteiger partial charge in [0.25, 0.3) is 0 Å². The number of methoxy groups -OCH3 is 1. The van der Waals surface area contributed by atoms with Gasteiger partial charge in [-0.1, -0.05) is 64.0 Å². The summed E-state index contributed by atoms with van der Waals surface area (Å²) in [5.41, 5.74) is 0.994. The SMILES string of the molecule is CCCCCCCCCCNC(=O)C=Cc1ccc(OC)cc1. The molecule has 0 bridgehead atoms. The third kappa shape index (κ3) is 9.77. The van der Waals surface area contributed by atoms with E-state index in [4.69, 9.17) is 4.74 Å². The van der Waals surface area contributed by atoms with Gasteiger partial charge in [0.1, 0.15) is 5.75 Å². The van der Waals surface area contributed by atoms with Crippen molar-refractivity contribution in [2.75, 3.05) is 13.7 Å². The molecule has 0 aromatic heterocycles. The number of unbranched alkanes of at least 4 members (excludes halogenated alkanes) is 7. The van der Waals surface area contributed by atoms with E-state index in [1.165, 1.54) is 44.9 Å². The first kappa shape index (κ1) is 19.3. The zero-order valence-electron chi connectivity index (χ0n) is 14.6. The summed E-state index contributed by atoms with van der Waals surface area (Å²) in [7, 11) is 1.64. The molecule has 0 aliphatic carbocycles. The third-order valence-electron chi connectivity index (χ3n) is 3.87. The van der Waals surface area contributed by atoms with Crippen LogP contribution in [0.5, 0.6) is 5.75 Å². The Balaban J connectivity index is 2.06. The van der Waals surface area contributed by atoms with Gasteiger partial charge in [0, 0.05) is 12.6 Å². The minimum absolute atomic E-state index is 0.0243. The van der Waals surface area contributed by atoms with E-state index in [2.05, 4.69) is 12.2 Å². The summed E-state index contributed by atoms with van der Waals surface area (Å²) < 4.78 is 5.10. The molecule has 128 valence electrons. The summed E-state index contributed by atoms with van der Waals surface area (Å²) in [6.45, 7) is 3.01. The van der Waals surface area contributed by atoms with Crippen molar-refractivity contribution in [2.24, 2.45) is 0 Å². The minimum Gasteiger partial charge on any atom is -0.497 e. The van der Waals surface area contributed by atoms with Gasteiger partial charge in [-0.2, -0.15) is 0 Å². The summed E-state index contributed by atoms with van der Waals surface area (Å²) in [4.78, 5) is 11.7. The van der Waals surface area contributed by atoms with E-state index in [9.17, 15) is 4.79 Å². The van der Waals surface area contributed by atoms with Crippen molar-refractivity contribution in [1.82, 2.24) is 5.32 Å². The molecule has 0 radical (unpaired) electrons. The minimum atomic E-state index is -0.0243. The highest BCUT2D eigenvalue weighted by Crippen LogP contribution is 2.12. The smallest absolute Gasteiger partial charge is 0.243 e. The number of hydrogen-bond acceptors (Lipinski definition) is 2. The molecule has 0 atom stereocenters. The topological polar surface area (TPSA) is 38.3 Å². The van der Waals surface area contributed by atoms with E-state index in [1.54, 1.807) is 13.2 Å². The lowest BCUT2D eigenvalue weighted by Gasteiger charge is -2.03. The van der Waals surface area contributed by atoms with Gasteiger partial charge >= 0.3 is 0 Å². The molecule has 0 spiro atoms. The van der Waals surface area contributed by atoms with Gasteiger partial charge in [-0.25, -0.2) is 0 Å². The Morgan fingerprint density at radius 2 is 1.61 bits per heavy atom. The van der Waals surface area contributed by atoms with E-state index in [-0.39, 0.29) is 5.91 Å². The van der Waals surface area contributed by atoms with E-state index in [1.807, 2.05) is 30.3 Å². The lowest BCUT2D eigenvalue weighted by molar-refractivity contribution is -0.116. The van der Waals surface area contributed by atoms with Gasteiger partial charge in [-0.05, 0) is 30.2 Å². The molecule has 0 aliphatic rings. The molecule has 3 nitrogen and oxygen atoms in total. The first-order chi connectivity index (χ1) is 11.3. The summed E-state index contributed by atoms with van der Waals surface area (Å²) in [6, 6.07) is 7.64. The standard InChI is InChI=1S/C20H31NO2/c1-3-4-5-6-7-8-9-10-17-21-20(22)16-13-18-11-14-19(23-2)15-12-18/h11-16H,3-10,17H2,1-2H3,(H,21,22). The lowest BCUT2D eigenvalue weighted by Crippen LogP contribution is -2.21. The fourth-order valence-electron chi connectivity index (χ4n) is 2.42.